The SMILES string of the molecule is CCC1CCC(C(N)=NN)C1. The van der Waals surface area contributed by atoms with Gasteiger partial charge in [-0.1, -0.05) is 13.3 Å². The average molecular weight is 155 g/mol. The van der Waals surface area contributed by atoms with Crippen LogP contribution in [0, 0.1) is 11.8 Å². The van der Waals surface area contributed by atoms with Crippen molar-refractivity contribution in [3.8, 4) is 0 Å². The van der Waals surface area contributed by atoms with Crippen molar-refractivity contribution < 1.29 is 0 Å². The third-order valence-electron chi connectivity index (χ3n) is 2.69. The molecule has 11 heavy (non-hydrogen) atoms. The molecule has 0 heterocycles. The van der Waals surface area contributed by atoms with Gasteiger partial charge < -0.3 is 11.6 Å². The van der Waals surface area contributed by atoms with Crippen LogP contribution in [0.4, 0.5) is 0 Å². The first-order valence-corrected chi connectivity index (χ1v) is 4.31. The fraction of sp³-hybridized carbons (Fsp3) is 0.875. The lowest BCUT2D eigenvalue weighted by atomic mass is 10.0. The van der Waals surface area contributed by atoms with Crippen LogP contribution in [0.1, 0.15) is 32.6 Å². The van der Waals surface area contributed by atoms with Gasteiger partial charge >= 0.3 is 0 Å². The van der Waals surface area contributed by atoms with E-state index in [1.54, 1.807) is 0 Å². The van der Waals surface area contributed by atoms with Gasteiger partial charge in [-0.3, -0.25) is 0 Å². The minimum Gasteiger partial charge on any atom is -0.386 e. The standard InChI is InChI=1S/C8H17N3/c1-2-6-3-4-7(5-6)8(9)11-10/h6-7H,2-5,10H2,1H3,(H2,9,11). The Labute approximate surface area is 67.8 Å². The highest BCUT2D eigenvalue weighted by Crippen LogP contribution is 2.32. The van der Waals surface area contributed by atoms with Crippen LogP contribution in [0.15, 0.2) is 5.10 Å². The third-order valence-corrected chi connectivity index (χ3v) is 2.69. The lowest BCUT2D eigenvalue weighted by molar-refractivity contribution is 0.520. The Kier molecular flexibility index (Phi) is 2.74. The molecule has 1 rings (SSSR count). The molecule has 0 amide bonds. The first-order chi connectivity index (χ1) is 5.27. The second-order valence-electron chi connectivity index (χ2n) is 3.34. The summed E-state index contributed by atoms with van der Waals surface area (Å²) in [6, 6.07) is 0. The molecule has 2 atom stereocenters. The van der Waals surface area contributed by atoms with E-state index in [1.165, 1.54) is 25.7 Å². The van der Waals surface area contributed by atoms with Crippen LogP contribution in [-0.2, 0) is 0 Å². The largest absolute Gasteiger partial charge is 0.386 e. The van der Waals surface area contributed by atoms with Gasteiger partial charge in [0.2, 0.25) is 0 Å². The molecule has 1 aliphatic carbocycles. The van der Waals surface area contributed by atoms with Crippen molar-refractivity contribution in [2.45, 2.75) is 32.6 Å². The van der Waals surface area contributed by atoms with Gasteiger partial charge in [-0.15, -0.1) is 0 Å². The number of nitrogens with zero attached hydrogens (tertiary/aromatic N) is 1. The van der Waals surface area contributed by atoms with Gasteiger partial charge in [0.05, 0.1) is 0 Å². The van der Waals surface area contributed by atoms with Crippen LogP contribution in [0.3, 0.4) is 0 Å². The molecule has 0 aromatic carbocycles. The maximum atomic E-state index is 5.62. The molecule has 64 valence electrons. The zero-order chi connectivity index (χ0) is 8.27. The van der Waals surface area contributed by atoms with Crippen LogP contribution in [0.2, 0.25) is 0 Å². The van der Waals surface area contributed by atoms with Gasteiger partial charge in [-0.05, 0) is 25.2 Å². The average Bonchev–Trinajstić information content (AvgIpc) is 2.50. The minimum atomic E-state index is 0.463. The monoisotopic (exact) mass is 155 g/mol. The van der Waals surface area contributed by atoms with Crippen LogP contribution >= 0.6 is 0 Å². The summed E-state index contributed by atoms with van der Waals surface area (Å²) in [4.78, 5) is 0. The van der Waals surface area contributed by atoms with Gasteiger partial charge in [0.25, 0.3) is 0 Å². The Morgan fingerprint density at radius 1 is 1.55 bits per heavy atom. The Balaban J connectivity index is 2.41. The number of hydrogen-bond donors (Lipinski definition) is 2. The molecule has 0 spiro atoms. The fourth-order valence-electron chi connectivity index (χ4n) is 1.82. The van der Waals surface area contributed by atoms with Gasteiger partial charge in [-0.25, -0.2) is 0 Å². The molecule has 0 aliphatic heterocycles. The van der Waals surface area contributed by atoms with Crippen molar-refractivity contribution in [1.82, 2.24) is 0 Å². The van der Waals surface area contributed by atoms with E-state index < -0.39 is 0 Å². The van der Waals surface area contributed by atoms with Gasteiger partial charge in [0.1, 0.15) is 5.84 Å². The summed E-state index contributed by atoms with van der Waals surface area (Å²) in [7, 11) is 0. The van der Waals surface area contributed by atoms with E-state index in [0.717, 1.165) is 5.92 Å². The highest BCUT2D eigenvalue weighted by Gasteiger charge is 2.25. The topological polar surface area (TPSA) is 64.4 Å². The first-order valence-electron chi connectivity index (χ1n) is 4.31. The number of hydrazone groups is 1. The zero-order valence-corrected chi connectivity index (χ0v) is 7.09. The van der Waals surface area contributed by atoms with Crippen molar-refractivity contribution in [2.24, 2.45) is 28.5 Å². The first kappa shape index (κ1) is 8.37. The van der Waals surface area contributed by atoms with Gasteiger partial charge in [0, 0.05) is 5.92 Å². The van der Waals surface area contributed by atoms with E-state index in [2.05, 4.69) is 12.0 Å². The molecule has 0 aromatic rings. The zero-order valence-electron chi connectivity index (χ0n) is 7.09. The number of hydrogen-bond acceptors (Lipinski definition) is 2. The second kappa shape index (κ2) is 3.60. The number of amidine groups is 1. The van der Waals surface area contributed by atoms with E-state index in [0.29, 0.717) is 11.8 Å². The van der Waals surface area contributed by atoms with Crippen LogP contribution in [0.5, 0.6) is 0 Å². The highest BCUT2D eigenvalue weighted by atomic mass is 15.2. The van der Waals surface area contributed by atoms with E-state index >= 15 is 0 Å². The Bertz CT molecular complexity index is 153. The Morgan fingerprint density at radius 2 is 2.27 bits per heavy atom. The number of nitrogens with two attached hydrogens (primary N) is 2. The van der Waals surface area contributed by atoms with Crippen LogP contribution < -0.4 is 11.6 Å². The summed E-state index contributed by atoms with van der Waals surface area (Å²) in [5, 5.41) is 3.53. The molecule has 4 N–H and O–H groups in total. The Morgan fingerprint density at radius 3 is 2.73 bits per heavy atom. The molecule has 1 saturated carbocycles. The molecule has 1 aliphatic rings. The predicted octanol–water partition coefficient (Wildman–Crippen LogP) is 1.04. The molecule has 0 aromatic heterocycles. The molecule has 3 heteroatoms. The fourth-order valence-corrected chi connectivity index (χ4v) is 1.82. The van der Waals surface area contributed by atoms with E-state index in [4.69, 9.17) is 11.6 Å². The van der Waals surface area contributed by atoms with Crippen molar-refractivity contribution in [3.05, 3.63) is 0 Å². The second-order valence-corrected chi connectivity index (χ2v) is 3.34. The summed E-state index contributed by atoms with van der Waals surface area (Å²) in [6.45, 7) is 2.23. The van der Waals surface area contributed by atoms with Crippen LogP contribution in [-0.4, -0.2) is 5.84 Å². The summed E-state index contributed by atoms with van der Waals surface area (Å²) in [5.74, 6) is 7.05. The molecule has 0 bridgehead atoms. The van der Waals surface area contributed by atoms with E-state index in [-0.39, 0.29) is 0 Å². The maximum Gasteiger partial charge on any atom is 0.122 e. The van der Waals surface area contributed by atoms with E-state index in [1.807, 2.05) is 0 Å². The molecule has 1 fully saturated rings. The normalized spacial score (nSPS) is 32.6. The minimum absolute atomic E-state index is 0.463. The lowest BCUT2D eigenvalue weighted by Gasteiger charge is -2.07. The summed E-state index contributed by atoms with van der Waals surface area (Å²) in [6.07, 6.45) is 4.90. The summed E-state index contributed by atoms with van der Waals surface area (Å²) < 4.78 is 0. The van der Waals surface area contributed by atoms with Gasteiger partial charge in [-0.2, -0.15) is 5.10 Å². The summed E-state index contributed by atoms with van der Waals surface area (Å²) >= 11 is 0. The number of rotatable bonds is 2. The molecule has 2 unspecified atom stereocenters. The molecule has 3 nitrogen and oxygen atoms in total. The molecular weight excluding hydrogens is 138 g/mol. The van der Waals surface area contributed by atoms with Crippen molar-refractivity contribution in [3.63, 3.8) is 0 Å². The highest BCUT2D eigenvalue weighted by molar-refractivity contribution is 5.82. The molecule has 0 radical (unpaired) electrons. The van der Waals surface area contributed by atoms with Gasteiger partial charge in [0.15, 0.2) is 0 Å². The predicted molar refractivity (Wildman–Crippen MR) is 46.9 cm³/mol. The summed E-state index contributed by atoms with van der Waals surface area (Å²) in [5.41, 5.74) is 5.62. The quantitative estimate of drug-likeness (QED) is 0.271. The van der Waals surface area contributed by atoms with Crippen molar-refractivity contribution >= 4 is 5.84 Å². The molecular formula is C8H17N3. The van der Waals surface area contributed by atoms with E-state index in [9.17, 15) is 0 Å². The molecule has 0 saturated heterocycles. The van der Waals surface area contributed by atoms with Crippen molar-refractivity contribution in [2.75, 3.05) is 0 Å². The lowest BCUT2D eigenvalue weighted by Crippen LogP contribution is -2.23. The smallest absolute Gasteiger partial charge is 0.122 e. The third kappa shape index (κ3) is 1.85. The Hall–Kier alpha value is -0.730. The van der Waals surface area contributed by atoms with Crippen molar-refractivity contribution in [1.29, 1.82) is 0 Å². The van der Waals surface area contributed by atoms with Crippen LogP contribution in [0.25, 0.3) is 0 Å². The maximum absolute atomic E-state index is 5.62.